The normalized spacial score (nSPS) is 16.2. The minimum absolute atomic E-state index is 0.0872. The molecule has 0 spiro atoms. The van der Waals surface area contributed by atoms with E-state index in [1.54, 1.807) is 6.92 Å². The number of hydrogen-bond donors (Lipinski definition) is 1. The van der Waals surface area contributed by atoms with Crippen LogP contribution in [0.2, 0.25) is 0 Å². The number of nitrogens with zero attached hydrogens (tertiary/aromatic N) is 1. The summed E-state index contributed by atoms with van der Waals surface area (Å²) in [5.74, 6) is 1.27. The van der Waals surface area contributed by atoms with Gasteiger partial charge in [-0.15, -0.1) is 0 Å². The third kappa shape index (κ3) is 4.50. The van der Waals surface area contributed by atoms with Crippen LogP contribution < -0.4 is 4.74 Å². The first-order valence-corrected chi connectivity index (χ1v) is 11.0. The number of aromatic nitrogens is 1. The van der Waals surface area contributed by atoms with Crippen molar-refractivity contribution in [2.24, 2.45) is 5.92 Å². The Morgan fingerprint density at radius 1 is 1.26 bits per heavy atom. The molecule has 0 radical (unpaired) electrons. The number of carboxylic acids is 1. The van der Waals surface area contributed by atoms with Crippen molar-refractivity contribution < 1.29 is 19.1 Å². The van der Waals surface area contributed by atoms with Crippen LogP contribution in [0.1, 0.15) is 54.3 Å². The fraction of sp³-hybridized carbons (Fsp3) is 0.385. The van der Waals surface area contributed by atoms with E-state index >= 15 is 0 Å². The first-order valence-electron chi connectivity index (χ1n) is 11.0. The van der Waals surface area contributed by atoms with Gasteiger partial charge in [0.05, 0.1) is 18.2 Å². The first-order chi connectivity index (χ1) is 15.0. The summed E-state index contributed by atoms with van der Waals surface area (Å²) in [5.41, 5.74) is 5.53. The molecule has 2 atom stereocenters. The highest BCUT2D eigenvalue weighted by Gasteiger charge is 2.31. The van der Waals surface area contributed by atoms with Gasteiger partial charge < -0.3 is 14.3 Å². The third-order valence-corrected chi connectivity index (χ3v) is 6.34. The van der Waals surface area contributed by atoms with Crippen LogP contribution in [0, 0.1) is 12.8 Å². The number of rotatable bonds is 8. The van der Waals surface area contributed by atoms with Gasteiger partial charge in [-0.3, -0.25) is 4.79 Å². The minimum atomic E-state index is -0.734. The summed E-state index contributed by atoms with van der Waals surface area (Å²) in [7, 11) is 0. The van der Waals surface area contributed by atoms with Crippen molar-refractivity contribution in [2.75, 3.05) is 6.61 Å². The summed E-state index contributed by atoms with van der Waals surface area (Å²) in [6.07, 6.45) is 3.46. The lowest BCUT2D eigenvalue weighted by molar-refractivity contribution is -0.141. The Bertz CT molecular complexity index is 1070. The fourth-order valence-electron chi connectivity index (χ4n) is 4.34. The predicted molar refractivity (Wildman–Crippen MR) is 120 cm³/mol. The van der Waals surface area contributed by atoms with Gasteiger partial charge in [0.15, 0.2) is 0 Å². The number of ether oxygens (including phenoxy) is 1. The van der Waals surface area contributed by atoms with E-state index in [-0.39, 0.29) is 11.8 Å². The largest absolute Gasteiger partial charge is 0.493 e. The van der Waals surface area contributed by atoms with E-state index in [9.17, 15) is 9.90 Å². The van der Waals surface area contributed by atoms with Crippen LogP contribution in [0.15, 0.2) is 46.9 Å². The maximum atomic E-state index is 11.3. The molecule has 0 aliphatic heterocycles. The number of oxazole rings is 1. The quantitative estimate of drug-likeness (QED) is 0.516. The number of hydrogen-bond acceptors (Lipinski definition) is 4. The van der Waals surface area contributed by atoms with Crippen molar-refractivity contribution >= 4 is 5.97 Å². The maximum Gasteiger partial charge on any atom is 0.306 e. The molecule has 2 unspecified atom stereocenters. The Labute approximate surface area is 183 Å². The Hall–Kier alpha value is -3.08. The predicted octanol–water partition coefficient (Wildman–Crippen LogP) is 5.58. The second kappa shape index (κ2) is 8.96. The van der Waals surface area contributed by atoms with E-state index in [0.717, 1.165) is 47.6 Å². The molecule has 0 bridgehead atoms. The van der Waals surface area contributed by atoms with Crippen LogP contribution in [-0.2, 0) is 24.1 Å². The highest BCUT2D eigenvalue weighted by atomic mass is 16.5. The summed E-state index contributed by atoms with van der Waals surface area (Å²) in [6.45, 7) is 6.37. The van der Waals surface area contributed by atoms with Crippen molar-refractivity contribution in [2.45, 2.75) is 52.4 Å². The molecule has 1 aliphatic carbocycles. The Balaban J connectivity index is 1.38. The zero-order valence-electron chi connectivity index (χ0n) is 18.4. The molecule has 5 heteroatoms. The lowest BCUT2D eigenvalue weighted by Crippen LogP contribution is -2.17. The van der Waals surface area contributed by atoms with Gasteiger partial charge in [0.25, 0.3) is 0 Å². The molecule has 0 saturated heterocycles. The second-order valence-corrected chi connectivity index (χ2v) is 8.30. The zero-order chi connectivity index (χ0) is 22.0. The van der Waals surface area contributed by atoms with E-state index in [0.29, 0.717) is 18.9 Å². The van der Waals surface area contributed by atoms with Gasteiger partial charge in [-0.1, -0.05) is 32.0 Å². The topological polar surface area (TPSA) is 72.6 Å². The summed E-state index contributed by atoms with van der Waals surface area (Å²) in [6, 6.07) is 14.3. The average molecular weight is 420 g/mol. The van der Waals surface area contributed by atoms with Gasteiger partial charge in [0.1, 0.15) is 11.5 Å². The summed E-state index contributed by atoms with van der Waals surface area (Å²) in [5, 5.41) is 9.33. The minimum Gasteiger partial charge on any atom is -0.493 e. The van der Waals surface area contributed by atoms with Crippen LogP contribution in [-0.4, -0.2) is 22.7 Å². The fourth-order valence-corrected chi connectivity index (χ4v) is 4.34. The second-order valence-electron chi connectivity index (χ2n) is 8.30. The van der Waals surface area contributed by atoms with Crippen LogP contribution >= 0.6 is 0 Å². The van der Waals surface area contributed by atoms with Crippen LogP contribution in [0.5, 0.6) is 5.75 Å². The van der Waals surface area contributed by atoms with Crippen LogP contribution in [0.25, 0.3) is 11.5 Å². The number of benzene rings is 2. The SMILES string of the molecule is CCc1ccc(-c2nc(CCOc3ccc4c(c3)CCC4C(C)C(=O)O)c(C)o2)cc1. The van der Waals surface area contributed by atoms with Gasteiger partial charge in [-0.25, -0.2) is 4.98 Å². The standard InChI is InChI=1S/C26H29NO4/c1-4-18-5-7-19(8-6-18)25-27-24(17(3)31-25)13-14-30-21-10-12-23-20(15-21)9-11-22(23)16(2)26(28)29/h5-8,10,12,15-16,22H,4,9,11,13-14H2,1-3H3,(H,28,29). The number of fused-ring (bicyclic) bond motifs is 1. The van der Waals surface area contributed by atoms with Crippen LogP contribution in [0.4, 0.5) is 0 Å². The molecule has 1 N–H and O–H groups in total. The van der Waals surface area contributed by atoms with E-state index in [1.165, 1.54) is 11.1 Å². The number of carbonyl (C=O) groups is 1. The molecule has 4 rings (SSSR count). The number of aliphatic carboxylic acids is 1. The van der Waals surface area contributed by atoms with Gasteiger partial charge in [-0.2, -0.15) is 0 Å². The summed E-state index contributed by atoms with van der Waals surface area (Å²) >= 11 is 0. The van der Waals surface area contributed by atoms with Crippen LogP contribution in [0.3, 0.4) is 0 Å². The molecule has 0 saturated carbocycles. The van der Waals surface area contributed by atoms with E-state index in [1.807, 2.05) is 31.2 Å². The Kier molecular flexibility index (Phi) is 6.12. The smallest absolute Gasteiger partial charge is 0.306 e. The average Bonchev–Trinajstić information content (AvgIpc) is 3.36. The van der Waals surface area contributed by atoms with Crippen molar-refractivity contribution in [1.29, 1.82) is 0 Å². The van der Waals surface area contributed by atoms with Crippen molar-refractivity contribution in [3.63, 3.8) is 0 Å². The van der Waals surface area contributed by atoms with E-state index in [4.69, 9.17) is 9.15 Å². The molecule has 5 nitrogen and oxygen atoms in total. The molecule has 162 valence electrons. The molecule has 31 heavy (non-hydrogen) atoms. The molecule has 3 aromatic rings. The molecule has 0 amide bonds. The monoisotopic (exact) mass is 419 g/mol. The Morgan fingerprint density at radius 3 is 2.74 bits per heavy atom. The van der Waals surface area contributed by atoms with Gasteiger partial charge >= 0.3 is 5.97 Å². The highest BCUT2D eigenvalue weighted by Crippen LogP contribution is 2.40. The van der Waals surface area contributed by atoms with E-state index < -0.39 is 5.97 Å². The highest BCUT2D eigenvalue weighted by molar-refractivity contribution is 5.71. The molecule has 1 aromatic heterocycles. The molecule has 1 aliphatic rings. The van der Waals surface area contributed by atoms with E-state index in [2.05, 4.69) is 30.1 Å². The molecule has 2 aromatic carbocycles. The van der Waals surface area contributed by atoms with Gasteiger partial charge in [-0.05, 0) is 73.1 Å². The maximum absolute atomic E-state index is 11.3. The Morgan fingerprint density at radius 2 is 2.03 bits per heavy atom. The van der Waals surface area contributed by atoms with Crippen molar-refractivity contribution in [3.8, 4) is 17.2 Å². The lowest BCUT2D eigenvalue weighted by Gasteiger charge is -2.16. The molecule has 0 fully saturated rings. The summed E-state index contributed by atoms with van der Waals surface area (Å²) < 4.78 is 11.9. The van der Waals surface area contributed by atoms with Crippen molar-refractivity contribution in [3.05, 3.63) is 70.6 Å². The molecular weight excluding hydrogens is 390 g/mol. The molecular formula is C26H29NO4. The molecule has 1 heterocycles. The number of aryl methyl sites for hydroxylation is 3. The van der Waals surface area contributed by atoms with Crippen molar-refractivity contribution in [1.82, 2.24) is 4.98 Å². The first kappa shape index (κ1) is 21.2. The third-order valence-electron chi connectivity index (χ3n) is 6.34. The van der Waals surface area contributed by atoms with Gasteiger partial charge in [0, 0.05) is 12.0 Å². The van der Waals surface area contributed by atoms with Gasteiger partial charge in [0.2, 0.25) is 5.89 Å². The summed E-state index contributed by atoms with van der Waals surface area (Å²) in [4.78, 5) is 16.0. The zero-order valence-corrected chi connectivity index (χ0v) is 18.4. The lowest BCUT2D eigenvalue weighted by atomic mass is 9.89. The number of carboxylic acid groups (broad SMARTS) is 1.